The van der Waals surface area contributed by atoms with Crippen LogP contribution in [-0.2, 0) is 4.74 Å². The quantitative estimate of drug-likeness (QED) is 0.628. The molecule has 180 valence electrons. The van der Waals surface area contributed by atoms with E-state index in [2.05, 4.69) is 20.3 Å². The van der Waals surface area contributed by atoms with Crippen LogP contribution in [0.4, 0.5) is 14.9 Å². The maximum absolute atomic E-state index is 16.1. The number of methoxy groups -OCH3 is 1. The van der Waals surface area contributed by atoms with Crippen LogP contribution < -0.4 is 15.0 Å². The molecule has 2 atom stereocenters. The minimum Gasteiger partial charge on any atom is -0.479 e. The van der Waals surface area contributed by atoms with E-state index in [9.17, 15) is 4.79 Å². The molecular weight excluding hydrogens is 439 g/mol. The first-order valence-electron chi connectivity index (χ1n) is 11.1. The van der Waals surface area contributed by atoms with E-state index in [1.807, 2.05) is 13.0 Å². The fourth-order valence-corrected chi connectivity index (χ4v) is 4.22. The van der Waals surface area contributed by atoms with Gasteiger partial charge in [-0.3, -0.25) is 4.98 Å². The van der Waals surface area contributed by atoms with Crippen molar-refractivity contribution in [1.29, 1.82) is 0 Å². The molecule has 1 N–H and O–H groups in total. The van der Waals surface area contributed by atoms with Gasteiger partial charge in [-0.2, -0.15) is 0 Å². The average molecular weight is 469 g/mol. The second kappa shape index (κ2) is 9.76. The van der Waals surface area contributed by atoms with E-state index in [1.165, 1.54) is 7.11 Å². The number of pyridine rings is 1. The molecule has 2 unspecified atom stereocenters. The van der Waals surface area contributed by atoms with Crippen molar-refractivity contribution in [3.8, 4) is 17.1 Å². The lowest BCUT2D eigenvalue weighted by Crippen LogP contribution is -2.41. The number of hydrogen-bond acceptors (Lipinski definition) is 7. The molecule has 1 aliphatic heterocycles. The Morgan fingerprint density at radius 2 is 2.03 bits per heavy atom. The SMILES string of the molecule is CNC(=O)N1CC(C)COC(c2c(-c3cc4nccnc4c(OC)n3)ccc(N(C)C)c2F)C1. The molecule has 0 aliphatic carbocycles. The third-order valence-corrected chi connectivity index (χ3v) is 5.86. The lowest BCUT2D eigenvalue weighted by atomic mass is 9.96. The van der Waals surface area contributed by atoms with Gasteiger partial charge in [-0.25, -0.2) is 19.2 Å². The Morgan fingerprint density at radius 3 is 2.74 bits per heavy atom. The van der Waals surface area contributed by atoms with Gasteiger partial charge in [0.2, 0.25) is 5.88 Å². The molecule has 1 fully saturated rings. The number of nitrogens with zero attached hydrogens (tertiary/aromatic N) is 5. The molecule has 1 aromatic carbocycles. The van der Waals surface area contributed by atoms with Gasteiger partial charge in [-0.05, 0) is 18.1 Å². The number of halogens is 1. The fraction of sp³-hybridized carbons (Fsp3) is 0.417. The van der Waals surface area contributed by atoms with Crippen molar-refractivity contribution in [3.05, 3.63) is 42.0 Å². The van der Waals surface area contributed by atoms with E-state index in [4.69, 9.17) is 9.47 Å². The number of hydrogen-bond donors (Lipinski definition) is 1. The topological polar surface area (TPSA) is 92.7 Å². The molecule has 0 bridgehead atoms. The van der Waals surface area contributed by atoms with Crippen molar-refractivity contribution in [2.24, 2.45) is 5.92 Å². The molecule has 3 aromatic rings. The van der Waals surface area contributed by atoms with Crippen molar-refractivity contribution >= 4 is 22.8 Å². The summed E-state index contributed by atoms with van der Waals surface area (Å²) in [6.07, 6.45) is 2.46. The van der Waals surface area contributed by atoms with E-state index in [0.717, 1.165) is 0 Å². The van der Waals surface area contributed by atoms with E-state index in [-0.39, 0.29) is 18.5 Å². The normalized spacial score (nSPS) is 18.5. The monoisotopic (exact) mass is 468 g/mol. The Morgan fingerprint density at radius 1 is 1.26 bits per heavy atom. The molecular formula is C24H29FN6O3. The van der Waals surface area contributed by atoms with E-state index in [1.54, 1.807) is 55.5 Å². The van der Waals surface area contributed by atoms with E-state index < -0.39 is 11.9 Å². The first-order valence-corrected chi connectivity index (χ1v) is 11.1. The largest absolute Gasteiger partial charge is 0.479 e. The standard InChI is InChI=1S/C24H29FN6O3/c1-14-11-31(24(32)26-2)12-19(34-13-14)20-15(6-7-18(21(20)25)30(3)4)16-10-17-22(23(29-16)33-5)28-9-8-27-17/h6-10,14,19H,11-13H2,1-5H3,(H,26,32). The Hall–Kier alpha value is -3.53. The summed E-state index contributed by atoms with van der Waals surface area (Å²) in [7, 11) is 6.65. The summed E-state index contributed by atoms with van der Waals surface area (Å²) >= 11 is 0. The van der Waals surface area contributed by atoms with Crippen LogP contribution >= 0.6 is 0 Å². The summed E-state index contributed by atoms with van der Waals surface area (Å²) in [5.74, 6) is -0.0232. The van der Waals surface area contributed by atoms with E-state index in [0.29, 0.717) is 52.6 Å². The molecule has 0 radical (unpaired) electrons. The molecule has 10 heteroatoms. The maximum Gasteiger partial charge on any atom is 0.317 e. The van der Waals surface area contributed by atoms with Gasteiger partial charge in [0.1, 0.15) is 6.10 Å². The van der Waals surface area contributed by atoms with Gasteiger partial charge >= 0.3 is 6.03 Å². The van der Waals surface area contributed by atoms with Gasteiger partial charge in [0.05, 0.1) is 37.2 Å². The summed E-state index contributed by atoms with van der Waals surface area (Å²) in [5, 5.41) is 2.67. The van der Waals surface area contributed by atoms with E-state index >= 15 is 4.39 Å². The minimum atomic E-state index is -0.692. The fourth-order valence-electron chi connectivity index (χ4n) is 4.22. The summed E-state index contributed by atoms with van der Waals surface area (Å²) in [4.78, 5) is 29.2. The lowest BCUT2D eigenvalue weighted by Gasteiger charge is -2.27. The molecule has 9 nitrogen and oxygen atoms in total. The predicted molar refractivity (Wildman–Crippen MR) is 127 cm³/mol. The number of nitrogens with one attached hydrogen (secondary N) is 1. The number of benzene rings is 1. The average Bonchev–Trinajstić information content (AvgIpc) is 3.03. The number of rotatable bonds is 4. The number of urea groups is 1. The molecule has 0 spiro atoms. The Bertz CT molecular complexity index is 1200. The van der Waals surface area contributed by atoms with Crippen LogP contribution in [0, 0.1) is 11.7 Å². The zero-order valence-corrected chi connectivity index (χ0v) is 20.0. The van der Waals surface area contributed by atoms with Crippen LogP contribution in [0.15, 0.2) is 30.6 Å². The van der Waals surface area contributed by atoms with Crippen LogP contribution in [-0.4, -0.2) is 73.8 Å². The number of anilines is 1. The Labute approximate surface area is 197 Å². The second-order valence-corrected chi connectivity index (χ2v) is 8.58. The van der Waals surface area contributed by atoms with Gasteiger partial charge in [-0.1, -0.05) is 13.0 Å². The van der Waals surface area contributed by atoms with Crippen molar-refractivity contribution in [3.63, 3.8) is 0 Å². The number of fused-ring (bicyclic) bond motifs is 1. The third-order valence-electron chi connectivity index (χ3n) is 5.86. The first kappa shape index (κ1) is 23.6. The number of carbonyl (C=O) groups is 1. The number of amides is 2. The number of aromatic nitrogens is 3. The molecule has 3 heterocycles. The van der Waals surface area contributed by atoms with Crippen LogP contribution in [0.2, 0.25) is 0 Å². The first-order chi connectivity index (χ1) is 16.3. The summed E-state index contributed by atoms with van der Waals surface area (Å²) in [5.41, 5.74) is 2.88. The minimum absolute atomic E-state index is 0.0972. The Kier molecular flexibility index (Phi) is 6.78. The third kappa shape index (κ3) is 4.45. The van der Waals surface area contributed by atoms with Gasteiger partial charge in [0.15, 0.2) is 11.3 Å². The molecule has 2 aromatic heterocycles. The molecule has 34 heavy (non-hydrogen) atoms. The van der Waals surface area contributed by atoms with Crippen molar-refractivity contribution in [2.75, 3.05) is 52.8 Å². The van der Waals surface area contributed by atoms with Crippen molar-refractivity contribution < 1.29 is 18.7 Å². The van der Waals surface area contributed by atoms with Gasteiger partial charge in [0, 0.05) is 51.2 Å². The zero-order chi connectivity index (χ0) is 24.4. The van der Waals surface area contributed by atoms with Crippen molar-refractivity contribution in [1.82, 2.24) is 25.2 Å². The van der Waals surface area contributed by atoms with Crippen LogP contribution in [0.25, 0.3) is 22.3 Å². The highest BCUT2D eigenvalue weighted by Crippen LogP contribution is 2.39. The molecule has 4 rings (SSSR count). The number of ether oxygens (including phenoxy) is 2. The number of carbonyl (C=O) groups excluding carboxylic acids is 1. The molecule has 1 aliphatic rings. The van der Waals surface area contributed by atoms with Crippen LogP contribution in [0.3, 0.4) is 0 Å². The highest BCUT2D eigenvalue weighted by molar-refractivity contribution is 5.84. The summed E-state index contributed by atoms with van der Waals surface area (Å²) in [6.45, 7) is 3.11. The van der Waals surface area contributed by atoms with Gasteiger partial charge < -0.3 is 24.6 Å². The predicted octanol–water partition coefficient (Wildman–Crippen LogP) is 3.25. The highest BCUT2D eigenvalue weighted by atomic mass is 19.1. The van der Waals surface area contributed by atoms with Crippen molar-refractivity contribution in [2.45, 2.75) is 13.0 Å². The molecule has 1 saturated heterocycles. The molecule has 2 amide bonds. The lowest BCUT2D eigenvalue weighted by molar-refractivity contribution is 0.0445. The Balaban J connectivity index is 1.91. The van der Waals surface area contributed by atoms with Gasteiger partial charge in [-0.15, -0.1) is 0 Å². The maximum atomic E-state index is 16.1. The smallest absolute Gasteiger partial charge is 0.317 e. The van der Waals surface area contributed by atoms with Gasteiger partial charge in [0.25, 0.3) is 0 Å². The zero-order valence-electron chi connectivity index (χ0n) is 20.0. The highest BCUT2D eigenvalue weighted by Gasteiger charge is 2.32. The summed E-state index contributed by atoms with van der Waals surface area (Å²) in [6, 6.07) is 5.06. The van der Waals surface area contributed by atoms with Crippen LogP contribution in [0.5, 0.6) is 5.88 Å². The van der Waals surface area contributed by atoms with Crippen LogP contribution in [0.1, 0.15) is 18.6 Å². The summed E-state index contributed by atoms with van der Waals surface area (Å²) < 4.78 is 27.7. The molecule has 0 saturated carbocycles. The second-order valence-electron chi connectivity index (χ2n) is 8.58.